The first kappa shape index (κ1) is 27.7. The van der Waals surface area contributed by atoms with Gasteiger partial charge in [0, 0.05) is 25.3 Å². The SMILES string of the molecule is Cn1nc2ccccc2c1C1=CCC2C3CC=C4C[C@@H](OC(=O)CC([O-])C[N+](C)(C)C)CC[C@]4(C)C3CC[C@]12C. The molecule has 4 unspecified atom stereocenters. The Morgan fingerprint density at radius 2 is 1.85 bits per heavy atom. The van der Waals surface area contributed by atoms with Crippen LogP contribution in [-0.4, -0.2) is 60.1 Å². The van der Waals surface area contributed by atoms with Crippen LogP contribution in [0.25, 0.3) is 16.5 Å². The normalized spacial score (nSPS) is 34.4. The topological polar surface area (TPSA) is 67.2 Å². The quantitative estimate of drug-likeness (QED) is 0.282. The van der Waals surface area contributed by atoms with Crippen molar-refractivity contribution >= 4 is 22.4 Å². The van der Waals surface area contributed by atoms with Crippen LogP contribution in [0.5, 0.6) is 0 Å². The second-order valence-corrected chi connectivity index (χ2v) is 14.7. The highest BCUT2D eigenvalue weighted by Crippen LogP contribution is 2.66. The van der Waals surface area contributed by atoms with Crippen LogP contribution in [0.4, 0.5) is 0 Å². The molecule has 0 bridgehead atoms. The van der Waals surface area contributed by atoms with E-state index >= 15 is 0 Å². The van der Waals surface area contributed by atoms with Crippen LogP contribution in [0.2, 0.25) is 0 Å². The molecule has 4 aliphatic carbocycles. The van der Waals surface area contributed by atoms with E-state index < -0.39 is 6.10 Å². The summed E-state index contributed by atoms with van der Waals surface area (Å²) in [5.74, 6) is 1.68. The number of aromatic nitrogens is 2. The molecule has 6 rings (SSSR count). The number of benzene rings is 1. The molecule has 0 radical (unpaired) electrons. The zero-order valence-electron chi connectivity index (χ0n) is 25.3. The number of hydrogen-bond acceptors (Lipinski definition) is 4. The predicted octanol–water partition coefficient (Wildman–Crippen LogP) is 5.27. The summed E-state index contributed by atoms with van der Waals surface area (Å²) < 4.78 is 8.56. The number of rotatable bonds is 6. The number of nitrogens with zero attached hydrogens (tertiary/aromatic N) is 3. The van der Waals surface area contributed by atoms with Gasteiger partial charge in [0.05, 0.1) is 38.9 Å². The Bertz CT molecular complexity index is 1370. The Balaban J connectivity index is 1.16. The number of carbonyl (C=O) groups excluding carboxylic acids is 1. The van der Waals surface area contributed by atoms with E-state index in [1.807, 2.05) is 21.1 Å². The number of likely N-dealkylation sites (N-methyl/N-ethyl adjacent to an activating group) is 1. The molecule has 6 heteroatoms. The van der Waals surface area contributed by atoms with Crippen LogP contribution in [0.1, 0.15) is 70.9 Å². The summed E-state index contributed by atoms with van der Waals surface area (Å²) in [6.45, 7) is 5.44. The second-order valence-electron chi connectivity index (χ2n) is 14.7. The van der Waals surface area contributed by atoms with Crippen molar-refractivity contribution in [2.45, 2.75) is 77.4 Å². The van der Waals surface area contributed by atoms with E-state index in [1.165, 1.54) is 35.1 Å². The Labute approximate surface area is 239 Å². The molecule has 0 spiro atoms. The van der Waals surface area contributed by atoms with Gasteiger partial charge in [-0.05, 0) is 78.7 Å². The van der Waals surface area contributed by atoms with Crippen molar-refractivity contribution < 1.29 is 19.1 Å². The fourth-order valence-electron chi connectivity index (χ4n) is 9.22. The van der Waals surface area contributed by atoms with E-state index in [0.29, 0.717) is 28.8 Å². The molecule has 7 atom stereocenters. The molecule has 1 aromatic heterocycles. The third kappa shape index (κ3) is 4.65. The first-order chi connectivity index (χ1) is 18.9. The average Bonchev–Trinajstić information content (AvgIpc) is 3.38. The van der Waals surface area contributed by atoms with Gasteiger partial charge in [-0.25, -0.2) is 0 Å². The zero-order chi connectivity index (χ0) is 28.4. The largest absolute Gasteiger partial charge is 0.848 e. The first-order valence-corrected chi connectivity index (χ1v) is 15.4. The minimum atomic E-state index is -0.915. The van der Waals surface area contributed by atoms with Gasteiger partial charge >= 0.3 is 5.97 Å². The number of fused-ring (bicyclic) bond motifs is 6. The fourth-order valence-corrected chi connectivity index (χ4v) is 9.22. The van der Waals surface area contributed by atoms with E-state index in [2.05, 4.69) is 62.0 Å². The molecule has 2 saturated carbocycles. The number of aryl methyl sites for hydroxylation is 1. The van der Waals surface area contributed by atoms with Gasteiger partial charge in [-0.3, -0.25) is 9.48 Å². The molecule has 6 nitrogen and oxygen atoms in total. The Morgan fingerprint density at radius 3 is 2.62 bits per heavy atom. The van der Waals surface area contributed by atoms with Crippen molar-refractivity contribution in [3.63, 3.8) is 0 Å². The number of quaternary nitrogens is 1. The minimum Gasteiger partial charge on any atom is -0.848 e. The fraction of sp³-hybridized carbons (Fsp3) is 0.647. The van der Waals surface area contributed by atoms with Gasteiger partial charge in [0.1, 0.15) is 6.10 Å². The van der Waals surface area contributed by atoms with E-state index in [4.69, 9.17) is 9.84 Å². The van der Waals surface area contributed by atoms with Gasteiger partial charge in [-0.15, -0.1) is 0 Å². The van der Waals surface area contributed by atoms with E-state index in [0.717, 1.165) is 37.6 Å². The van der Waals surface area contributed by atoms with Crippen molar-refractivity contribution in [3.8, 4) is 0 Å². The molecule has 40 heavy (non-hydrogen) atoms. The molecule has 0 saturated heterocycles. The average molecular weight is 546 g/mol. The summed E-state index contributed by atoms with van der Waals surface area (Å²) in [5, 5.41) is 18.5. The number of ether oxygens (including phenoxy) is 1. The lowest BCUT2D eigenvalue weighted by atomic mass is 9.47. The van der Waals surface area contributed by atoms with Gasteiger partial charge in [0.25, 0.3) is 0 Å². The Hall–Kier alpha value is -2.44. The second kappa shape index (κ2) is 9.84. The van der Waals surface area contributed by atoms with Crippen LogP contribution in [0, 0.1) is 28.6 Å². The van der Waals surface area contributed by atoms with E-state index in [1.54, 1.807) is 0 Å². The molecule has 4 aliphatic rings. The molecular weight excluding hydrogens is 498 g/mol. The molecule has 0 amide bonds. The number of carbonyl (C=O) groups is 1. The molecule has 1 heterocycles. The summed E-state index contributed by atoms with van der Waals surface area (Å²) in [6.07, 6.45) is 11.5. The van der Waals surface area contributed by atoms with Gasteiger partial charge in [0.15, 0.2) is 0 Å². The molecule has 0 N–H and O–H groups in total. The van der Waals surface area contributed by atoms with Gasteiger partial charge in [0.2, 0.25) is 0 Å². The number of hydrogen-bond donors (Lipinski definition) is 0. The number of esters is 1. The van der Waals surface area contributed by atoms with Crippen molar-refractivity contribution in [3.05, 3.63) is 47.7 Å². The third-order valence-electron chi connectivity index (χ3n) is 11.1. The molecule has 2 aromatic rings. The van der Waals surface area contributed by atoms with Crippen LogP contribution in [0.3, 0.4) is 0 Å². The molecule has 216 valence electrons. The van der Waals surface area contributed by atoms with Gasteiger partial charge in [-0.2, -0.15) is 5.10 Å². The van der Waals surface area contributed by atoms with Crippen molar-refractivity contribution in [2.24, 2.45) is 35.6 Å². The zero-order valence-corrected chi connectivity index (χ0v) is 25.3. The Morgan fingerprint density at radius 1 is 1.10 bits per heavy atom. The molecule has 1 aromatic carbocycles. The Kier molecular flexibility index (Phi) is 6.81. The summed E-state index contributed by atoms with van der Waals surface area (Å²) >= 11 is 0. The molecule has 0 aliphatic heterocycles. The van der Waals surface area contributed by atoms with Crippen LogP contribution in [0.15, 0.2) is 42.0 Å². The van der Waals surface area contributed by atoms with Crippen LogP contribution in [-0.2, 0) is 16.6 Å². The lowest BCUT2D eigenvalue weighted by Gasteiger charge is -2.57. The minimum absolute atomic E-state index is 0.0332. The highest BCUT2D eigenvalue weighted by Gasteiger charge is 2.57. The number of allylic oxidation sites excluding steroid dienone is 3. The van der Waals surface area contributed by atoms with Crippen molar-refractivity contribution in [1.29, 1.82) is 0 Å². The molecule has 2 fully saturated rings. The van der Waals surface area contributed by atoms with Crippen molar-refractivity contribution in [1.82, 2.24) is 9.78 Å². The summed E-state index contributed by atoms with van der Waals surface area (Å²) in [6, 6.07) is 8.56. The maximum atomic E-state index is 12.6. The summed E-state index contributed by atoms with van der Waals surface area (Å²) in [4.78, 5) is 12.6. The van der Waals surface area contributed by atoms with Crippen molar-refractivity contribution in [2.75, 3.05) is 27.7 Å². The lowest BCUT2D eigenvalue weighted by Crippen LogP contribution is -2.50. The van der Waals surface area contributed by atoms with E-state index in [-0.39, 0.29) is 29.3 Å². The third-order valence-corrected chi connectivity index (χ3v) is 11.1. The first-order valence-electron chi connectivity index (χ1n) is 15.4. The van der Waals surface area contributed by atoms with Crippen LogP contribution >= 0.6 is 0 Å². The molecular formula is C34H47N3O3. The maximum Gasteiger partial charge on any atom is 0.305 e. The highest BCUT2D eigenvalue weighted by molar-refractivity contribution is 5.92. The van der Waals surface area contributed by atoms with E-state index in [9.17, 15) is 9.90 Å². The summed E-state index contributed by atoms with van der Waals surface area (Å²) in [7, 11) is 8.05. The van der Waals surface area contributed by atoms with Gasteiger partial charge < -0.3 is 14.3 Å². The monoisotopic (exact) mass is 545 g/mol. The van der Waals surface area contributed by atoms with Gasteiger partial charge in [-0.1, -0.05) is 55.9 Å². The smallest absolute Gasteiger partial charge is 0.305 e. The van der Waals surface area contributed by atoms with Crippen LogP contribution < -0.4 is 5.11 Å². The maximum absolute atomic E-state index is 12.6. The summed E-state index contributed by atoms with van der Waals surface area (Å²) in [5.41, 5.74) is 5.74. The highest BCUT2D eigenvalue weighted by atomic mass is 16.5. The predicted molar refractivity (Wildman–Crippen MR) is 157 cm³/mol. The standard InChI is InChI=1S/C34H47N3O3/c1-33-17-15-24(40-31(39)20-23(38)21-37(4,5)6)19-22(33)11-12-25-27-13-14-29(34(27,2)18-16-28(25)33)32-26-9-7-8-10-30(26)35-36(32)3/h7-11,14,23-25,27-28H,12-13,15-21H2,1-6H3/t23?,24-,25?,27?,28?,33-,34-/m0/s1. The lowest BCUT2D eigenvalue weighted by molar-refractivity contribution is -0.880.